The second kappa shape index (κ2) is 6.90. The van der Waals surface area contributed by atoms with Gasteiger partial charge in [-0.05, 0) is 50.2 Å². The Balaban J connectivity index is 1.30. The summed E-state index contributed by atoms with van der Waals surface area (Å²) in [6.45, 7) is 0.571. The van der Waals surface area contributed by atoms with Crippen LogP contribution in [-0.2, 0) is 9.59 Å². The number of hydrogen-bond acceptors (Lipinski definition) is 3. The minimum atomic E-state index is -0.0408. The van der Waals surface area contributed by atoms with Gasteiger partial charge >= 0.3 is 0 Å². The summed E-state index contributed by atoms with van der Waals surface area (Å²) < 4.78 is 5.95. The summed E-state index contributed by atoms with van der Waals surface area (Å²) in [5.41, 5.74) is 0.861. The van der Waals surface area contributed by atoms with Crippen molar-refractivity contribution in [2.45, 2.75) is 44.6 Å². The van der Waals surface area contributed by atoms with Crippen LogP contribution in [0.3, 0.4) is 0 Å². The van der Waals surface area contributed by atoms with Gasteiger partial charge in [-0.3, -0.25) is 9.59 Å². The van der Waals surface area contributed by atoms with Gasteiger partial charge < -0.3 is 15.1 Å². The summed E-state index contributed by atoms with van der Waals surface area (Å²) in [4.78, 5) is 23.9. The van der Waals surface area contributed by atoms with Crippen molar-refractivity contribution in [3.05, 3.63) is 36.1 Å². The lowest BCUT2D eigenvalue weighted by Crippen LogP contribution is -2.31. The zero-order chi connectivity index (χ0) is 17.2. The van der Waals surface area contributed by atoms with E-state index in [0.717, 1.165) is 42.4 Å². The van der Waals surface area contributed by atoms with Crippen LogP contribution >= 0.6 is 0 Å². The van der Waals surface area contributed by atoms with Gasteiger partial charge in [0.05, 0.1) is 6.04 Å². The van der Waals surface area contributed by atoms with Crippen molar-refractivity contribution in [1.29, 1.82) is 0 Å². The van der Waals surface area contributed by atoms with E-state index in [9.17, 15) is 9.59 Å². The molecule has 2 N–H and O–H groups in total. The van der Waals surface area contributed by atoms with E-state index < -0.39 is 0 Å². The molecule has 0 bridgehead atoms. The summed E-state index contributed by atoms with van der Waals surface area (Å²) in [5.74, 6) is 1.70. The van der Waals surface area contributed by atoms with Crippen molar-refractivity contribution >= 4 is 22.8 Å². The third-order valence-corrected chi connectivity index (χ3v) is 4.99. The fourth-order valence-corrected chi connectivity index (χ4v) is 3.20. The van der Waals surface area contributed by atoms with Crippen molar-refractivity contribution in [3.63, 3.8) is 0 Å². The molecule has 5 heteroatoms. The maximum absolute atomic E-state index is 12.3. The summed E-state index contributed by atoms with van der Waals surface area (Å²) in [7, 11) is 0. The molecule has 2 aliphatic carbocycles. The topological polar surface area (TPSA) is 71.3 Å². The number of fused-ring (bicyclic) bond motifs is 1. The molecular formula is C20H24N2O3. The molecule has 2 aromatic rings. The lowest BCUT2D eigenvalue weighted by molar-refractivity contribution is -0.124. The highest BCUT2D eigenvalue weighted by Crippen LogP contribution is 2.42. The molecular weight excluding hydrogens is 316 g/mol. The first kappa shape index (κ1) is 16.2. The average molecular weight is 340 g/mol. The molecule has 4 rings (SSSR count). The van der Waals surface area contributed by atoms with Crippen molar-refractivity contribution in [3.8, 4) is 0 Å². The number of amides is 2. The Kier molecular flexibility index (Phi) is 4.47. The number of rotatable bonds is 8. The first-order valence-corrected chi connectivity index (χ1v) is 9.26. The number of benzene rings is 1. The van der Waals surface area contributed by atoms with Gasteiger partial charge in [0.15, 0.2) is 0 Å². The molecule has 0 unspecified atom stereocenters. The van der Waals surface area contributed by atoms with Crippen molar-refractivity contribution < 1.29 is 14.0 Å². The molecule has 0 aliphatic heterocycles. The predicted molar refractivity (Wildman–Crippen MR) is 94.8 cm³/mol. The van der Waals surface area contributed by atoms with E-state index in [1.807, 2.05) is 30.3 Å². The highest BCUT2D eigenvalue weighted by Gasteiger charge is 2.35. The van der Waals surface area contributed by atoms with E-state index in [4.69, 9.17) is 4.42 Å². The lowest BCUT2D eigenvalue weighted by atomic mass is 10.1. The lowest BCUT2D eigenvalue weighted by Gasteiger charge is -2.16. The predicted octanol–water partition coefficient (Wildman–Crippen LogP) is 3.31. The largest absolute Gasteiger partial charge is 0.459 e. The zero-order valence-electron chi connectivity index (χ0n) is 14.3. The molecule has 0 saturated heterocycles. The molecule has 2 fully saturated rings. The highest BCUT2D eigenvalue weighted by molar-refractivity contribution is 5.81. The summed E-state index contributed by atoms with van der Waals surface area (Å²) in [6, 6.07) is 9.91. The van der Waals surface area contributed by atoms with Crippen LogP contribution in [0, 0.1) is 11.8 Å². The molecule has 1 atom stereocenters. The molecule has 25 heavy (non-hydrogen) atoms. The number of nitrogens with one attached hydrogen (secondary N) is 2. The van der Waals surface area contributed by atoms with E-state index in [-0.39, 0.29) is 23.8 Å². The minimum Gasteiger partial charge on any atom is -0.459 e. The monoisotopic (exact) mass is 340 g/mol. The highest BCUT2D eigenvalue weighted by atomic mass is 16.3. The number of para-hydroxylation sites is 1. The third kappa shape index (κ3) is 4.03. The summed E-state index contributed by atoms with van der Waals surface area (Å²) in [6.07, 6.45) is 5.36. The minimum absolute atomic E-state index is 0.0260. The Hall–Kier alpha value is -2.30. The van der Waals surface area contributed by atoms with Crippen LogP contribution in [0.25, 0.3) is 11.0 Å². The smallest absolute Gasteiger partial charge is 0.223 e. The molecule has 132 valence electrons. The van der Waals surface area contributed by atoms with Crippen LogP contribution in [-0.4, -0.2) is 18.4 Å². The maximum atomic E-state index is 12.3. The van der Waals surface area contributed by atoms with E-state index >= 15 is 0 Å². The van der Waals surface area contributed by atoms with Gasteiger partial charge in [-0.1, -0.05) is 18.2 Å². The van der Waals surface area contributed by atoms with E-state index in [2.05, 4.69) is 10.6 Å². The molecule has 2 saturated carbocycles. The average Bonchev–Trinajstić information content (AvgIpc) is 3.52. The molecule has 1 heterocycles. The number of furan rings is 1. The van der Waals surface area contributed by atoms with Crippen molar-refractivity contribution in [2.75, 3.05) is 6.54 Å². The van der Waals surface area contributed by atoms with Crippen LogP contribution < -0.4 is 10.6 Å². The molecule has 1 aromatic carbocycles. The van der Waals surface area contributed by atoms with Gasteiger partial charge in [-0.15, -0.1) is 0 Å². The second-order valence-electron chi connectivity index (χ2n) is 7.24. The van der Waals surface area contributed by atoms with Crippen molar-refractivity contribution in [1.82, 2.24) is 10.6 Å². The fraction of sp³-hybridized carbons (Fsp3) is 0.500. The Morgan fingerprint density at radius 2 is 1.96 bits per heavy atom. The molecule has 0 spiro atoms. The normalized spacial score (nSPS) is 18.1. The first-order chi connectivity index (χ1) is 12.2. The van der Waals surface area contributed by atoms with E-state index in [1.165, 1.54) is 0 Å². The Morgan fingerprint density at radius 3 is 2.68 bits per heavy atom. The second-order valence-corrected chi connectivity index (χ2v) is 7.24. The number of hydrogen-bond donors (Lipinski definition) is 2. The molecule has 2 amide bonds. The zero-order valence-corrected chi connectivity index (χ0v) is 14.3. The Morgan fingerprint density at radius 1 is 1.16 bits per heavy atom. The molecule has 0 radical (unpaired) electrons. The van der Waals surface area contributed by atoms with Crippen LogP contribution in [0.15, 0.2) is 34.7 Å². The van der Waals surface area contributed by atoms with Crippen molar-refractivity contribution in [2.24, 2.45) is 11.8 Å². The fourth-order valence-electron chi connectivity index (χ4n) is 3.20. The quantitative estimate of drug-likeness (QED) is 0.724. The van der Waals surface area contributed by atoms with E-state index in [1.54, 1.807) is 0 Å². The van der Waals surface area contributed by atoms with Crippen LogP contribution in [0.4, 0.5) is 0 Å². The van der Waals surface area contributed by atoms with Gasteiger partial charge in [-0.25, -0.2) is 0 Å². The van der Waals surface area contributed by atoms with Gasteiger partial charge in [0, 0.05) is 24.3 Å². The van der Waals surface area contributed by atoms with E-state index in [0.29, 0.717) is 25.3 Å². The molecule has 1 aromatic heterocycles. The molecule has 5 nitrogen and oxygen atoms in total. The number of carbonyl (C=O) groups excluding carboxylic acids is 2. The third-order valence-electron chi connectivity index (χ3n) is 4.99. The maximum Gasteiger partial charge on any atom is 0.223 e. The Labute approximate surface area is 147 Å². The first-order valence-electron chi connectivity index (χ1n) is 9.26. The van der Waals surface area contributed by atoms with Gasteiger partial charge in [-0.2, -0.15) is 0 Å². The number of carbonyl (C=O) groups is 2. The van der Waals surface area contributed by atoms with Crippen LogP contribution in [0.1, 0.15) is 50.3 Å². The van der Waals surface area contributed by atoms with Crippen LogP contribution in [0.5, 0.6) is 0 Å². The van der Waals surface area contributed by atoms with Gasteiger partial charge in [0.25, 0.3) is 0 Å². The molecule has 2 aliphatic rings. The van der Waals surface area contributed by atoms with Gasteiger partial charge in [0.2, 0.25) is 11.8 Å². The van der Waals surface area contributed by atoms with Crippen LogP contribution in [0.2, 0.25) is 0 Å². The SMILES string of the molecule is O=C(CCCNC(=O)C1CC1)N[C@H](c1cc2ccccc2o1)C1CC1. The summed E-state index contributed by atoms with van der Waals surface area (Å²) >= 11 is 0. The van der Waals surface area contributed by atoms with Gasteiger partial charge in [0.1, 0.15) is 11.3 Å². The standard InChI is InChI=1S/C20H24N2O3/c23-18(6-3-11-21-20(24)14-9-10-14)22-19(13-7-8-13)17-12-15-4-1-2-5-16(15)25-17/h1-2,4-5,12-14,19H,3,6-11H2,(H,21,24)(H,22,23)/t19-/m0/s1. The Bertz CT molecular complexity index is 741. The summed E-state index contributed by atoms with van der Waals surface area (Å²) in [5, 5.41) is 7.10.